The number of aromatic nitrogens is 2. The summed E-state index contributed by atoms with van der Waals surface area (Å²) >= 11 is 0. The number of aromatic hydroxyl groups is 1. The van der Waals surface area contributed by atoms with Crippen LogP contribution in [-0.4, -0.2) is 53.6 Å². The molecule has 1 aliphatic heterocycles. The largest absolute Gasteiger partial charge is 0.492 e. The lowest BCUT2D eigenvalue weighted by atomic mass is 10.1. The molecule has 2 aromatic carbocycles. The minimum atomic E-state index is -2.97. The molecule has 0 atom stereocenters. The van der Waals surface area contributed by atoms with Crippen molar-refractivity contribution in [2.75, 3.05) is 11.5 Å². The first-order chi connectivity index (χ1) is 14.1. The normalized spacial score (nSPS) is 18.1. The molecule has 1 fully saturated rings. The van der Waals surface area contributed by atoms with Crippen LogP contribution in [-0.2, 0) is 0 Å². The van der Waals surface area contributed by atoms with E-state index in [2.05, 4.69) is 15.2 Å². The molecule has 4 N–H and O–H groups in total. The lowest BCUT2D eigenvalue weighted by Gasteiger charge is -2.54. The number of fused-ring (bicyclic) bond motifs is 1. The zero-order valence-electron chi connectivity index (χ0n) is 15.7. The fourth-order valence-corrected chi connectivity index (χ4v) is 5.73. The Balaban J connectivity index is 1.63. The number of benzene rings is 2. The first kappa shape index (κ1) is 20.4. The summed E-state index contributed by atoms with van der Waals surface area (Å²) < 4.78 is 49.9. The quantitative estimate of drug-likeness (QED) is 0.483. The van der Waals surface area contributed by atoms with Crippen LogP contribution in [0.15, 0.2) is 42.5 Å². The average molecular weight is 439 g/mol. The molecular weight excluding hydrogens is 420 g/mol. The number of halogens is 2. The maximum Gasteiger partial charge on any atom is 0.387 e. The van der Waals surface area contributed by atoms with Crippen LogP contribution >= 0.6 is 10.6 Å². The Bertz CT molecular complexity index is 1130. The van der Waals surface area contributed by atoms with Gasteiger partial charge in [-0.15, -0.1) is 5.10 Å². The maximum atomic E-state index is 12.6. The van der Waals surface area contributed by atoms with E-state index in [1.807, 2.05) is 0 Å². The number of rotatable bonds is 5. The van der Waals surface area contributed by atoms with E-state index in [0.717, 1.165) is 0 Å². The number of alkyl halides is 2. The standard InChI is InChI=1S/C19H19F2N3O5S/c1-19(9-30(27,28)10-19)22-16(25)11-5-6-15-14(7-11)17(26)23-24(15)12-3-2-4-13(8-12)29-18(20)21/h2-8,18,27-28H,9-10H2,1H3,(H,22,25)(H,23,26). The predicted octanol–water partition coefficient (Wildman–Crippen LogP) is 3.59. The number of carbonyl (C=O) groups is 1. The van der Waals surface area contributed by atoms with Crippen LogP contribution in [0.2, 0.25) is 0 Å². The molecule has 4 rings (SSSR count). The second kappa shape index (κ2) is 7.11. The molecule has 1 aromatic heterocycles. The van der Waals surface area contributed by atoms with Crippen LogP contribution < -0.4 is 10.1 Å². The second-order valence-corrected chi connectivity index (χ2v) is 9.63. The van der Waals surface area contributed by atoms with Crippen molar-refractivity contribution in [1.82, 2.24) is 15.1 Å². The van der Waals surface area contributed by atoms with Gasteiger partial charge in [0.15, 0.2) is 0 Å². The number of nitrogens with one attached hydrogen (secondary N) is 1. The third kappa shape index (κ3) is 3.91. The van der Waals surface area contributed by atoms with Gasteiger partial charge in [-0.1, -0.05) is 6.07 Å². The molecule has 0 spiro atoms. The molecule has 2 heterocycles. The van der Waals surface area contributed by atoms with Crippen LogP contribution in [0, 0.1) is 0 Å². The molecule has 0 saturated carbocycles. The van der Waals surface area contributed by atoms with Crippen molar-refractivity contribution < 1.29 is 32.5 Å². The van der Waals surface area contributed by atoms with E-state index in [-0.39, 0.29) is 28.7 Å². The first-order valence-electron chi connectivity index (χ1n) is 8.88. The van der Waals surface area contributed by atoms with Gasteiger partial charge >= 0.3 is 6.61 Å². The van der Waals surface area contributed by atoms with Gasteiger partial charge in [-0.3, -0.25) is 13.9 Å². The molecule has 8 nitrogen and oxygen atoms in total. The molecule has 0 unspecified atom stereocenters. The highest BCUT2D eigenvalue weighted by atomic mass is 32.3. The summed E-state index contributed by atoms with van der Waals surface area (Å²) in [6.45, 7) is -1.24. The molecule has 30 heavy (non-hydrogen) atoms. The number of ether oxygens (including phenoxy) is 1. The van der Waals surface area contributed by atoms with E-state index in [0.29, 0.717) is 16.6 Å². The topological polar surface area (TPSA) is 117 Å². The van der Waals surface area contributed by atoms with E-state index >= 15 is 0 Å². The van der Waals surface area contributed by atoms with Gasteiger partial charge in [-0.05, 0) is 37.3 Å². The summed E-state index contributed by atoms with van der Waals surface area (Å²) in [6.07, 6.45) is 0. The third-order valence-corrected chi connectivity index (χ3v) is 6.92. The van der Waals surface area contributed by atoms with Gasteiger partial charge in [-0.25, -0.2) is 4.68 Å². The predicted molar refractivity (Wildman–Crippen MR) is 108 cm³/mol. The molecule has 1 saturated heterocycles. The average Bonchev–Trinajstić information content (AvgIpc) is 2.95. The van der Waals surface area contributed by atoms with Crippen LogP contribution in [0.25, 0.3) is 16.6 Å². The van der Waals surface area contributed by atoms with Crippen molar-refractivity contribution >= 4 is 27.4 Å². The number of hydrogen-bond donors (Lipinski definition) is 4. The summed E-state index contributed by atoms with van der Waals surface area (Å²) in [5, 5.41) is 17.4. The number of hydrogen-bond acceptors (Lipinski definition) is 6. The van der Waals surface area contributed by atoms with Crippen molar-refractivity contribution in [3.63, 3.8) is 0 Å². The van der Waals surface area contributed by atoms with Crippen LogP contribution in [0.1, 0.15) is 17.3 Å². The van der Waals surface area contributed by atoms with Gasteiger partial charge < -0.3 is 15.2 Å². The monoisotopic (exact) mass is 439 g/mol. The highest BCUT2D eigenvalue weighted by molar-refractivity contribution is 8.25. The highest BCUT2D eigenvalue weighted by Gasteiger charge is 2.45. The van der Waals surface area contributed by atoms with E-state index in [9.17, 15) is 27.8 Å². The van der Waals surface area contributed by atoms with Crippen molar-refractivity contribution in [1.29, 1.82) is 0 Å². The molecular formula is C19H19F2N3O5S. The van der Waals surface area contributed by atoms with Crippen molar-refractivity contribution in [2.45, 2.75) is 19.1 Å². The fourth-order valence-electron chi connectivity index (χ4n) is 3.63. The van der Waals surface area contributed by atoms with Crippen molar-refractivity contribution in [2.24, 2.45) is 0 Å². The first-order valence-corrected chi connectivity index (χ1v) is 10.8. The van der Waals surface area contributed by atoms with Crippen molar-refractivity contribution in [3.05, 3.63) is 48.0 Å². The van der Waals surface area contributed by atoms with Gasteiger partial charge in [0.05, 0.1) is 33.6 Å². The molecule has 1 amide bonds. The number of carbonyl (C=O) groups excluding carboxylic acids is 1. The number of nitrogens with zero attached hydrogens (tertiary/aromatic N) is 2. The van der Waals surface area contributed by atoms with Gasteiger partial charge in [0.25, 0.3) is 5.91 Å². The lowest BCUT2D eigenvalue weighted by Crippen LogP contribution is -2.61. The molecule has 11 heteroatoms. The summed E-state index contributed by atoms with van der Waals surface area (Å²) in [5.74, 6) is -0.624. The van der Waals surface area contributed by atoms with Crippen LogP contribution in [0.3, 0.4) is 0 Å². The smallest absolute Gasteiger partial charge is 0.387 e. The maximum absolute atomic E-state index is 12.6. The minimum Gasteiger partial charge on any atom is -0.492 e. The van der Waals surface area contributed by atoms with Crippen LogP contribution in [0.5, 0.6) is 11.6 Å². The molecule has 0 bridgehead atoms. The van der Waals surface area contributed by atoms with Crippen molar-refractivity contribution in [3.8, 4) is 17.3 Å². The molecule has 3 aromatic rings. The summed E-state index contributed by atoms with van der Waals surface area (Å²) in [6, 6.07) is 10.4. The summed E-state index contributed by atoms with van der Waals surface area (Å²) in [5.41, 5.74) is 0.407. The van der Waals surface area contributed by atoms with E-state index in [1.54, 1.807) is 19.1 Å². The van der Waals surface area contributed by atoms with Crippen LogP contribution in [0.4, 0.5) is 8.78 Å². The fraction of sp³-hybridized carbons (Fsp3) is 0.263. The lowest BCUT2D eigenvalue weighted by molar-refractivity contribution is -0.0498. The Kier molecular flexibility index (Phi) is 4.83. The second-order valence-electron chi connectivity index (χ2n) is 7.45. The van der Waals surface area contributed by atoms with Gasteiger partial charge in [0, 0.05) is 11.6 Å². The van der Waals surface area contributed by atoms with E-state index in [1.165, 1.54) is 35.0 Å². The van der Waals surface area contributed by atoms with E-state index in [4.69, 9.17) is 0 Å². The highest BCUT2D eigenvalue weighted by Crippen LogP contribution is 2.53. The summed E-state index contributed by atoms with van der Waals surface area (Å²) in [7, 11) is -2.62. The zero-order valence-corrected chi connectivity index (χ0v) is 16.6. The van der Waals surface area contributed by atoms with Gasteiger partial charge in [-0.2, -0.15) is 19.4 Å². The Morgan fingerprint density at radius 3 is 2.67 bits per heavy atom. The van der Waals surface area contributed by atoms with E-state index < -0.39 is 28.6 Å². The Hall–Kier alpha value is -2.89. The summed E-state index contributed by atoms with van der Waals surface area (Å²) in [4.78, 5) is 12.6. The third-order valence-electron chi connectivity index (χ3n) is 4.72. The molecule has 0 aliphatic carbocycles. The van der Waals surface area contributed by atoms with Gasteiger partial charge in [0.2, 0.25) is 5.88 Å². The van der Waals surface area contributed by atoms with Gasteiger partial charge in [0.1, 0.15) is 5.75 Å². The molecule has 0 radical (unpaired) electrons. The SMILES string of the molecule is CC1(NC(=O)c2ccc3c(c2)c(O)nn3-c2cccc(OC(F)F)c2)CS(O)(O)C1. The Morgan fingerprint density at radius 2 is 2.00 bits per heavy atom. The minimum absolute atomic E-state index is 0.0543. The number of amides is 1. The Labute approximate surface area is 171 Å². The zero-order chi connectivity index (χ0) is 21.7. The molecule has 1 aliphatic rings. The molecule has 160 valence electrons. The Morgan fingerprint density at radius 1 is 1.27 bits per heavy atom.